The fourth-order valence-electron chi connectivity index (χ4n) is 5.27. The molecule has 0 spiro atoms. The van der Waals surface area contributed by atoms with Crippen LogP contribution in [0.5, 0.6) is 0 Å². The zero-order valence-corrected chi connectivity index (χ0v) is 25.5. The summed E-state index contributed by atoms with van der Waals surface area (Å²) < 4.78 is 16.0. The van der Waals surface area contributed by atoms with E-state index in [4.69, 9.17) is 11.6 Å². The Bertz CT molecular complexity index is 1840. The Morgan fingerprint density at radius 3 is 2.86 bits per heavy atom. The van der Waals surface area contributed by atoms with Crippen LogP contribution >= 0.6 is 22.9 Å². The summed E-state index contributed by atoms with van der Waals surface area (Å²) >= 11 is 7.44. The molecule has 224 valence electrons. The number of halogens is 2. The molecule has 3 aromatic heterocycles. The number of nitrogens with one attached hydrogen (secondary N) is 2. The van der Waals surface area contributed by atoms with Crippen molar-refractivity contribution < 1.29 is 14.0 Å². The van der Waals surface area contributed by atoms with Crippen molar-refractivity contribution in [2.75, 3.05) is 5.32 Å². The maximum Gasteiger partial charge on any atom is 0.274 e. The summed E-state index contributed by atoms with van der Waals surface area (Å²) in [6.07, 6.45) is 4.12. The third kappa shape index (κ3) is 6.08. The lowest BCUT2D eigenvalue weighted by Crippen LogP contribution is -2.30. The lowest BCUT2D eigenvalue weighted by molar-refractivity contribution is -0.119. The van der Waals surface area contributed by atoms with Gasteiger partial charge in [-0.15, -0.1) is 26.6 Å². The molecule has 4 heterocycles. The van der Waals surface area contributed by atoms with Gasteiger partial charge in [0.25, 0.3) is 5.91 Å². The van der Waals surface area contributed by atoms with Crippen molar-refractivity contribution >= 4 is 40.4 Å². The van der Waals surface area contributed by atoms with Gasteiger partial charge in [-0.3, -0.25) is 14.6 Å². The van der Waals surface area contributed by atoms with E-state index in [1.54, 1.807) is 24.7 Å². The van der Waals surface area contributed by atoms with E-state index in [2.05, 4.69) is 36.1 Å². The van der Waals surface area contributed by atoms with Gasteiger partial charge in [0, 0.05) is 29.8 Å². The first kappa shape index (κ1) is 29.5. The molecular weight excluding hydrogens is 603 g/mol. The standard InChI is InChI=1S/C31H28ClFN8O2S/c1-17-5-3-7-23(36-31(43)29-18(2)41(40-39-29)26-8-4-6-22(32)28(26)33)25-15-20(11-12-34-25)21-10-9-19(13-24(21)37-30(17)42)14-27-38-35-16-44-27/h4,6,8-13,15-17,23H,3,5,7,14H2,1-2H3,(H,36,43)(H,37,42)/t17-,23+/m1/s1. The van der Waals surface area contributed by atoms with Gasteiger partial charge in [0.05, 0.1) is 22.5 Å². The number of amides is 2. The van der Waals surface area contributed by atoms with Crippen molar-refractivity contribution in [3.05, 3.63) is 98.7 Å². The molecule has 0 unspecified atom stereocenters. The van der Waals surface area contributed by atoms with Gasteiger partial charge in [-0.25, -0.2) is 9.07 Å². The van der Waals surface area contributed by atoms with Crippen LogP contribution < -0.4 is 10.6 Å². The number of fused-ring (bicyclic) bond motifs is 4. The highest BCUT2D eigenvalue weighted by atomic mass is 35.5. The monoisotopic (exact) mass is 630 g/mol. The van der Waals surface area contributed by atoms with Crippen molar-refractivity contribution in [2.24, 2.45) is 5.92 Å². The second kappa shape index (κ2) is 12.6. The molecule has 2 N–H and O–H groups in total. The van der Waals surface area contributed by atoms with Crippen molar-refractivity contribution in [1.29, 1.82) is 0 Å². The van der Waals surface area contributed by atoms with E-state index in [-0.39, 0.29) is 28.2 Å². The first-order valence-electron chi connectivity index (χ1n) is 14.1. The van der Waals surface area contributed by atoms with E-state index in [0.29, 0.717) is 42.8 Å². The zero-order valence-electron chi connectivity index (χ0n) is 23.9. The minimum absolute atomic E-state index is 0.0555. The van der Waals surface area contributed by atoms with Gasteiger partial charge >= 0.3 is 0 Å². The van der Waals surface area contributed by atoms with Crippen molar-refractivity contribution in [3.8, 4) is 16.8 Å². The summed E-state index contributed by atoms with van der Waals surface area (Å²) in [5.41, 5.74) is 6.27. The number of benzene rings is 2. The third-order valence-corrected chi connectivity index (χ3v) is 8.69. The minimum atomic E-state index is -0.653. The molecule has 0 radical (unpaired) electrons. The van der Waals surface area contributed by atoms with Crippen LogP contribution in [0.4, 0.5) is 10.1 Å². The zero-order chi connectivity index (χ0) is 30.8. The average molecular weight is 631 g/mol. The van der Waals surface area contributed by atoms with Gasteiger partial charge in [0.2, 0.25) is 5.91 Å². The molecule has 1 aliphatic heterocycles. The fraction of sp³-hybridized carbons (Fsp3) is 0.258. The number of carbonyl (C=O) groups is 2. The van der Waals surface area contributed by atoms with Crippen molar-refractivity contribution in [3.63, 3.8) is 0 Å². The number of pyridine rings is 1. The predicted molar refractivity (Wildman–Crippen MR) is 165 cm³/mol. The van der Waals surface area contributed by atoms with Crippen molar-refractivity contribution in [1.82, 2.24) is 35.5 Å². The topological polar surface area (TPSA) is 128 Å². The second-order valence-corrected chi connectivity index (χ2v) is 12.0. The summed E-state index contributed by atoms with van der Waals surface area (Å²) in [5, 5.41) is 23.2. The average Bonchev–Trinajstić information content (AvgIpc) is 3.67. The molecule has 2 bridgehead atoms. The first-order chi connectivity index (χ1) is 21.3. The van der Waals surface area contributed by atoms with E-state index in [1.807, 2.05) is 37.3 Å². The molecule has 0 saturated carbocycles. The molecular formula is C31H28ClFN8O2S. The molecule has 1 aliphatic rings. The van der Waals surface area contributed by atoms with Crippen LogP contribution in [0, 0.1) is 18.7 Å². The number of nitrogens with zero attached hydrogens (tertiary/aromatic N) is 6. The van der Waals surface area contributed by atoms with Gasteiger partial charge in [0.15, 0.2) is 11.5 Å². The molecule has 2 aromatic carbocycles. The van der Waals surface area contributed by atoms with E-state index in [1.165, 1.54) is 28.2 Å². The lowest BCUT2D eigenvalue weighted by Gasteiger charge is -2.22. The van der Waals surface area contributed by atoms with Gasteiger partial charge in [-0.05, 0) is 61.2 Å². The Hall–Kier alpha value is -4.55. The molecule has 2 amide bonds. The fourth-order valence-corrected chi connectivity index (χ4v) is 6.00. The highest BCUT2D eigenvalue weighted by Gasteiger charge is 2.25. The minimum Gasteiger partial charge on any atom is -0.342 e. The molecule has 0 fully saturated rings. The van der Waals surface area contributed by atoms with Crippen LogP contribution in [0.15, 0.2) is 60.2 Å². The normalized spacial score (nSPS) is 16.8. The Balaban J connectivity index is 1.32. The quantitative estimate of drug-likeness (QED) is 0.240. The summed E-state index contributed by atoms with van der Waals surface area (Å²) in [4.78, 5) is 31.4. The van der Waals surface area contributed by atoms with Crippen LogP contribution in [0.25, 0.3) is 16.8 Å². The van der Waals surface area contributed by atoms with E-state index in [0.717, 1.165) is 21.7 Å². The van der Waals surface area contributed by atoms with Crippen LogP contribution in [0.3, 0.4) is 0 Å². The Labute approximate surface area is 261 Å². The van der Waals surface area contributed by atoms with Crippen LogP contribution in [0.1, 0.15) is 64.7 Å². The van der Waals surface area contributed by atoms with E-state index >= 15 is 0 Å². The number of hydrogen-bond donors (Lipinski definition) is 2. The number of rotatable bonds is 5. The van der Waals surface area contributed by atoms with Crippen LogP contribution in [0.2, 0.25) is 5.02 Å². The van der Waals surface area contributed by atoms with Gasteiger partial charge in [-0.2, -0.15) is 0 Å². The SMILES string of the molecule is Cc1c(C(=O)N[C@H]2CCC[C@@H](C)C(=O)Nc3cc(Cc4nncs4)ccc3-c3ccnc2c3)nnn1-c1cccc(Cl)c1F. The number of carbonyl (C=O) groups excluding carboxylic acids is 2. The maximum atomic E-state index is 14.7. The highest BCUT2D eigenvalue weighted by molar-refractivity contribution is 7.09. The maximum absolute atomic E-state index is 14.7. The van der Waals surface area contributed by atoms with Gasteiger partial charge in [0.1, 0.15) is 16.2 Å². The third-order valence-electron chi connectivity index (χ3n) is 7.70. The Kier molecular flexibility index (Phi) is 8.45. The van der Waals surface area contributed by atoms with E-state index < -0.39 is 17.8 Å². The summed E-state index contributed by atoms with van der Waals surface area (Å²) in [6, 6.07) is 13.9. The smallest absolute Gasteiger partial charge is 0.274 e. The molecule has 5 aromatic rings. The van der Waals surface area contributed by atoms with Gasteiger partial charge in [-0.1, -0.05) is 48.4 Å². The van der Waals surface area contributed by atoms with Crippen LogP contribution in [-0.2, 0) is 11.2 Å². The molecule has 10 nitrogen and oxygen atoms in total. The van der Waals surface area contributed by atoms with Crippen LogP contribution in [-0.4, -0.2) is 42.0 Å². The summed E-state index contributed by atoms with van der Waals surface area (Å²) in [5.74, 6) is -1.45. The number of anilines is 1. The molecule has 6 rings (SSSR count). The second-order valence-electron chi connectivity index (χ2n) is 10.7. The molecule has 2 atom stereocenters. The van der Waals surface area contributed by atoms with Crippen molar-refractivity contribution in [2.45, 2.75) is 45.6 Å². The summed E-state index contributed by atoms with van der Waals surface area (Å²) in [6.45, 7) is 3.54. The first-order valence-corrected chi connectivity index (χ1v) is 15.4. The Morgan fingerprint density at radius 2 is 2.05 bits per heavy atom. The molecule has 13 heteroatoms. The molecule has 0 aliphatic carbocycles. The van der Waals surface area contributed by atoms with E-state index in [9.17, 15) is 14.0 Å². The summed E-state index contributed by atoms with van der Waals surface area (Å²) in [7, 11) is 0. The number of hydrogen-bond acceptors (Lipinski definition) is 8. The largest absolute Gasteiger partial charge is 0.342 e. The predicted octanol–water partition coefficient (Wildman–Crippen LogP) is 6.10. The number of aromatic nitrogens is 6. The Morgan fingerprint density at radius 1 is 1.18 bits per heavy atom. The molecule has 44 heavy (non-hydrogen) atoms. The molecule has 0 saturated heterocycles. The highest BCUT2D eigenvalue weighted by Crippen LogP contribution is 2.33. The lowest BCUT2D eigenvalue weighted by atomic mass is 9.94. The van der Waals surface area contributed by atoms with Gasteiger partial charge < -0.3 is 10.6 Å².